The second-order valence-electron chi connectivity index (χ2n) is 4.49. The number of aliphatic hydroxyl groups is 1. The van der Waals surface area contributed by atoms with Crippen LogP contribution in [0.2, 0.25) is 5.02 Å². The lowest BCUT2D eigenvalue weighted by molar-refractivity contribution is -0.118. The van der Waals surface area contributed by atoms with Gasteiger partial charge in [0.05, 0.1) is 12.4 Å². The summed E-state index contributed by atoms with van der Waals surface area (Å²) in [6, 6.07) is 14.9. The highest BCUT2D eigenvalue weighted by Gasteiger charge is 2.03. The first-order valence-corrected chi connectivity index (χ1v) is 7.87. The molecule has 0 spiro atoms. The number of rotatable bonds is 6. The van der Waals surface area contributed by atoms with Gasteiger partial charge in [0, 0.05) is 16.5 Å². The molecule has 1 amide bonds. The molecule has 110 valence electrons. The molecule has 0 saturated heterocycles. The van der Waals surface area contributed by atoms with E-state index in [-0.39, 0.29) is 12.5 Å². The number of aliphatic hydroxyl groups excluding tert-OH is 1. The minimum atomic E-state index is -0.0128. The van der Waals surface area contributed by atoms with E-state index in [1.54, 1.807) is 0 Å². The standard InChI is InChI=1S/C16H16ClNO2S/c17-14-5-7-15(8-6-14)21-11-16(20)18-9-12-1-3-13(10-19)4-2-12/h1-8,19H,9-11H2,(H,18,20). The Hall–Kier alpha value is -1.49. The van der Waals surface area contributed by atoms with Gasteiger partial charge in [0.2, 0.25) is 5.91 Å². The van der Waals surface area contributed by atoms with Crippen LogP contribution < -0.4 is 5.32 Å². The Morgan fingerprint density at radius 2 is 1.67 bits per heavy atom. The first-order chi connectivity index (χ1) is 10.2. The summed E-state index contributed by atoms with van der Waals surface area (Å²) in [6.45, 7) is 0.524. The number of amides is 1. The second-order valence-corrected chi connectivity index (χ2v) is 5.98. The van der Waals surface area contributed by atoms with Crippen molar-refractivity contribution in [2.75, 3.05) is 5.75 Å². The summed E-state index contributed by atoms with van der Waals surface area (Å²) in [5.41, 5.74) is 1.88. The topological polar surface area (TPSA) is 49.3 Å². The van der Waals surface area contributed by atoms with Gasteiger partial charge in [-0.2, -0.15) is 0 Å². The summed E-state index contributed by atoms with van der Waals surface area (Å²) in [6.07, 6.45) is 0. The van der Waals surface area contributed by atoms with Crippen LogP contribution in [0, 0.1) is 0 Å². The van der Waals surface area contributed by atoms with Crippen molar-refractivity contribution in [1.82, 2.24) is 5.32 Å². The van der Waals surface area contributed by atoms with Gasteiger partial charge in [0.25, 0.3) is 0 Å². The van der Waals surface area contributed by atoms with Crippen LogP contribution in [-0.2, 0) is 17.9 Å². The largest absolute Gasteiger partial charge is 0.392 e. The van der Waals surface area contributed by atoms with Crippen molar-refractivity contribution in [3.63, 3.8) is 0 Å². The van der Waals surface area contributed by atoms with Crippen LogP contribution >= 0.6 is 23.4 Å². The van der Waals surface area contributed by atoms with Crippen molar-refractivity contribution in [3.05, 3.63) is 64.7 Å². The summed E-state index contributed by atoms with van der Waals surface area (Å²) in [4.78, 5) is 12.8. The normalized spacial score (nSPS) is 10.4. The van der Waals surface area contributed by atoms with Crippen LogP contribution in [0.15, 0.2) is 53.4 Å². The summed E-state index contributed by atoms with van der Waals surface area (Å²) in [5, 5.41) is 12.5. The van der Waals surface area contributed by atoms with Crippen LogP contribution in [0.5, 0.6) is 0 Å². The van der Waals surface area contributed by atoms with E-state index in [1.807, 2.05) is 48.5 Å². The van der Waals surface area contributed by atoms with Gasteiger partial charge in [0.1, 0.15) is 0 Å². The Morgan fingerprint density at radius 1 is 1.05 bits per heavy atom. The number of carbonyl (C=O) groups excluding carboxylic acids is 1. The maximum atomic E-state index is 11.8. The molecule has 2 N–H and O–H groups in total. The van der Waals surface area contributed by atoms with E-state index < -0.39 is 0 Å². The van der Waals surface area contributed by atoms with Crippen LogP contribution in [0.3, 0.4) is 0 Å². The molecule has 21 heavy (non-hydrogen) atoms. The highest BCUT2D eigenvalue weighted by molar-refractivity contribution is 8.00. The quantitative estimate of drug-likeness (QED) is 0.803. The lowest BCUT2D eigenvalue weighted by Crippen LogP contribution is -2.24. The molecular weight excluding hydrogens is 306 g/mol. The summed E-state index contributed by atoms with van der Waals surface area (Å²) in [7, 11) is 0. The van der Waals surface area contributed by atoms with Crippen molar-refractivity contribution in [1.29, 1.82) is 0 Å². The molecule has 0 radical (unpaired) electrons. The number of hydrogen-bond donors (Lipinski definition) is 2. The Kier molecular flexibility index (Phi) is 6.11. The van der Waals surface area contributed by atoms with Crippen LogP contribution in [-0.4, -0.2) is 16.8 Å². The third-order valence-electron chi connectivity index (χ3n) is 2.88. The number of carbonyl (C=O) groups is 1. The molecular formula is C16H16ClNO2S. The molecule has 2 rings (SSSR count). The number of halogens is 1. The summed E-state index contributed by atoms with van der Waals surface area (Å²) in [5.74, 6) is 0.359. The molecule has 5 heteroatoms. The maximum absolute atomic E-state index is 11.8. The zero-order valence-corrected chi connectivity index (χ0v) is 13.0. The average Bonchev–Trinajstić information content (AvgIpc) is 2.53. The van der Waals surface area contributed by atoms with Crippen LogP contribution in [0.4, 0.5) is 0 Å². The molecule has 0 bridgehead atoms. The Morgan fingerprint density at radius 3 is 2.29 bits per heavy atom. The molecule has 0 saturated carbocycles. The third kappa shape index (κ3) is 5.42. The van der Waals surface area contributed by atoms with Gasteiger partial charge in [-0.3, -0.25) is 4.79 Å². The molecule has 0 aliphatic carbocycles. The molecule has 2 aromatic carbocycles. The molecule has 0 atom stereocenters. The smallest absolute Gasteiger partial charge is 0.230 e. The highest BCUT2D eigenvalue weighted by Crippen LogP contribution is 2.19. The Labute approximate surface area is 133 Å². The maximum Gasteiger partial charge on any atom is 0.230 e. The van der Waals surface area contributed by atoms with Gasteiger partial charge in [-0.15, -0.1) is 11.8 Å². The van der Waals surface area contributed by atoms with E-state index in [4.69, 9.17) is 16.7 Å². The molecule has 0 aliphatic rings. The van der Waals surface area contributed by atoms with Crippen molar-refractivity contribution in [3.8, 4) is 0 Å². The van der Waals surface area contributed by atoms with Gasteiger partial charge in [-0.05, 0) is 35.4 Å². The summed E-state index contributed by atoms with van der Waals surface area (Å²) < 4.78 is 0. The Balaban J connectivity index is 1.75. The highest BCUT2D eigenvalue weighted by atomic mass is 35.5. The first kappa shape index (κ1) is 15.9. The zero-order valence-electron chi connectivity index (χ0n) is 11.4. The zero-order chi connectivity index (χ0) is 15.1. The van der Waals surface area contributed by atoms with Gasteiger partial charge in [-0.25, -0.2) is 0 Å². The monoisotopic (exact) mass is 321 g/mol. The fourth-order valence-corrected chi connectivity index (χ4v) is 2.55. The lowest BCUT2D eigenvalue weighted by Gasteiger charge is -2.06. The van der Waals surface area contributed by atoms with E-state index >= 15 is 0 Å². The number of nitrogens with one attached hydrogen (secondary N) is 1. The predicted octanol–water partition coefficient (Wildman–Crippen LogP) is 3.24. The number of hydrogen-bond acceptors (Lipinski definition) is 3. The van der Waals surface area contributed by atoms with Crippen molar-refractivity contribution >= 4 is 29.3 Å². The lowest BCUT2D eigenvalue weighted by atomic mass is 10.1. The van der Waals surface area contributed by atoms with Crippen molar-refractivity contribution < 1.29 is 9.90 Å². The minimum Gasteiger partial charge on any atom is -0.392 e. The van der Waals surface area contributed by atoms with Gasteiger partial charge >= 0.3 is 0 Å². The molecule has 0 unspecified atom stereocenters. The van der Waals surface area contributed by atoms with Gasteiger partial charge < -0.3 is 10.4 Å². The predicted molar refractivity (Wildman–Crippen MR) is 86.4 cm³/mol. The number of thioether (sulfide) groups is 1. The fraction of sp³-hybridized carbons (Fsp3) is 0.188. The molecule has 0 heterocycles. The average molecular weight is 322 g/mol. The van der Waals surface area contributed by atoms with E-state index in [1.165, 1.54) is 11.8 Å². The summed E-state index contributed by atoms with van der Waals surface area (Å²) >= 11 is 7.28. The van der Waals surface area contributed by atoms with E-state index in [0.29, 0.717) is 17.3 Å². The van der Waals surface area contributed by atoms with E-state index in [2.05, 4.69) is 5.32 Å². The van der Waals surface area contributed by atoms with Gasteiger partial charge in [0.15, 0.2) is 0 Å². The molecule has 0 aliphatic heterocycles. The van der Waals surface area contributed by atoms with Gasteiger partial charge in [-0.1, -0.05) is 35.9 Å². The minimum absolute atomic E-state index is 0.0128. The van der Waals surface area contributed by atoms with Crippen molar-refractivity contribution in [2.24, 2.45) is 0 Å². The number of benzene rings is 2. The van der Waals surface area contributed by atoms with Crippen LogP contribution in [0.1, 0.15) is 11.1 Å². The van der Waals surface area contributed by atoms with E-state index in [0.717, 1.165) is 16.0 Å². The second kappa shape index (κ2) is 8.08. The molecule has 0 fully saturated rings. The molecule has 0 aromatic heterocycles. The van der Waals surface area contributed by atoms with Crippen LogP contribution in [0.25, 0.3) is 0 Å². The molecule has 3 nitrogen and oxygen atoms in total. The molecule has 2 aromatic rings. The third-order valence-corrected chi connectivity index (χ3v) is 4.14. The van der Waals surface area contributed by atoms with Crippen molar-refractivity contribution in [2.45, 2.75) is 18.0 Å². The van der Waals surface area contributed by atoms with E-state index in [9.17, 15) is 4.79 Å². The SMILES string of the molecule is O=C(CSc1ccc(Cl)cc1)NCc1ccc(CO)cc1. The Bertz CT molecular complexity index is 584. The first-order valence-electron chi connectivity index (χ1n) is 6.51. The fourth-order valence-electron chi connectivity index (χ4n) is 1.69.